The van der Waals surface area contributed by atoms with Crippen LogP contribution in [0.4, 0.5) is 0 Å². The van der Waals surface area contributed by atoms with Crippen LogP contribution in [0.1, 0.15) is 32.1 Å². The van der Waals surface area contributed by atoms with Gasteiger partial charge in [-0.3, -0.25) is 0 Å². The smallest absolute Gasteiger partial charge is 0.281 e. The minimum Gasteiger partial charge on any atom is -0.377 e. The van der Waals surface area contributed by atoms with Crippen molar-refractivity contribution in [1.29, 1.82) is 0 Å². The molecule has 19 heavy (non-hydrogen) atoms. The van der Waals surface area contributed by atoms with Gasteiger partial charge in [-0.25, -0.2) is 0 Å². The van der Waals surface area contributed by atoms with E-state index in [1.54, 1.807) is 8.61 Å². The Kier molecular flexibility index (Phi) is 6.08. The van der Waals surface area contributed by atoms with Crippen molar-refractivity contribution in [2.45, 2.75) is 38.2 Å². The zero-order valence-corrected chi connectivity index (χ0v) is 13.7. The molecule has 112 valence electrons. The van der Waals surface area contributed by atoms with E-state index in [0.717, 1.165) is 37.4 Å². The van der Waals surface area contributed by atoms with Gasteiger partial charge >= 0.3 is 0 Å². The molecule has 0 aromatic carbocycles. The molecule has 2 rings (SSSR count). The van der Waals surface area contributed by atoms with E-state index < -0.39 is 10.2 Å². The topological polar surface area (TPSA) is 49.9 Å². The molecule has 5 nitrogen and oxygen atoms in total. The van der Waals surface area contributed by atoms with Crippen LogP contribution in [-0.4, -0.2) is 61.2 Å². The Labute approximate surface area is 124 Å². The zero-order chi connectivity index (χ0) is 13.7. The third-order valence-corrected chi connectivity index (χ3v) is 6.16. The van der Waals surface area contributed by atoms with Crippen molar-refractivity contribution in [1.82, 2.24) is 8.61 Å². The summed E-state index contributed by atoms with van der Waals surface area (Å²) < 4.78 is 33.9. The molecular formula is C12H23BrN2O3S. The number of ether oxygens (including phenoxy) is 1. The zero-order valence-electron chi connectivity index (χ0n) is 11.3. The van der Waals surface area contributed by atoms with Crippen LogP contribution in [0.3, 0.4) is 0 Å². The second-order valence-electron chi connectivity index (χ2n) is 5.13. The van der Waals surface area contributed by atoms with E-state index in [4.69, 9.17) is 4.74 Å². The van der Waals surface area contributed by atoms with Gasteiger partial charge in [-0.05, 0) is 25.7 Å². The lowest BCUT2D eigenvalue weighted by atomic mass is 10.1. The number of alkyl halides is 1. The van der Waals surface area contributed by atoms with Crippen LogP contribution in [0.5, 0.6) is 0 Å². The molecule has 0 amide bonds. The third-order valence-electron chi connectivity index (χ3n) is 3.80. The Hall–Kier alpha value is 0.310. The van der Waals surface area contributed by atoms with Gasteiger partial charge in [0.25, 0.3) is 10.2 Å². The van der Waals surface area contributed by atoms with Crippen LogP contribution < -0.4 is 0 Å². The molecule has 0 atom stereocenters. The monoisotopic (exact) mass is 354 g/mol. The fraction of sp³-hybridized carbons (Fsp3) is 1.00. The molecule has 0 unspecified atom stereocenters. The largest absolute Gasteiger partial charge is 0.377 e. The lowest BCUT2D eigenvalue weighted by Crippen LogP contribution is -2.49. The first-order chi connectivity index (χ1) is 9.14. The second kappa shape index (κ2) is 7.36. The number of nitrogens with zero attached hydrogens (tertiary/aromatic N) is 2. The SMILES string of the molecule is O=S(=O)(N1CCCCC1)N1CCC(OCCBr)CC1. The molecule has 0 spiro atoms. The summed E-state index contributed by atoms with van der Waals surface area (Å²) >= 11 is 3.33. The Morgan fingerprint density at radius 2 is 1.58 bits per heavy atom. The first-order valence-corrected chi connectivity index (χ1v) is 9.59. The quantitative estimate of drug-likeness (QED) is 0.704. The second-order valence-corrected chi connectivity index (χ2v) is 7.85. The van der Waals surface area contributed by atoms with Gasteiger partial charge in [-0.2, -0.15) is 17.0 Å². The summed E-state index contributed by atoms with van der Waals surface area (Å²) in [6.07, 6.45) is 4.95. The van der Waals surface area contributed by atoms with E-state index in [9.17, 15) is 8.42 Å². The van der Waals surface area contributed by atoms with Crippen molar-refractivity contribution in [2.75, 3.05) is 38.1 Å². The van der Waals surface area contributed by atoms with Crippen molar-refractivity contribution < 1.29 is 13.2 Å². The van der Waals surface area contributed by atoms with Gasteiger partial charge in [0.1, 0.15) is 0 Å². The van der Waals surface area contributed by atoms with Gasteiger partial charge < -0.3 is 4.74 Å². The van der Waals surface area contributed by atoms with Gasteiger partial charge in [-0.15, -0.1) is 0 Å². The molecule has 7 heteroatoms. The molecule has 2 aliphatic heterocycles. The summed E-state index contributed by atoms with van der Waals surface area (Å²) in [6, 6.07) is 0. The van der Waals surface area contributed by atoms with E-state index in [1.807, 2.05) is 0 Å². The van der Waals surface area contributed by atoms with Crippen molar-refractivity contribution >= 4 is 26.1 Å². The highest BCUT2D eigenvalue weighted by atomic mass is 79.9. The molecule has 2 saturated heterocycles. The fourth-order valence-corrected chi connectivity index (χ4v) is 4.61. The fourth-order valence-electron chi connectivity index (χ4n) is 2.70. The van der Waals surface area contributed by atoms with Crippen LogP contribution in [0, 0.1) is 0 Å². The van der Waals surface area contributed by atoms with Crippen LogP contribution in [-0.2, 0) is 14.9 Å². The summed E-state index contributed by atoms with van der Waals surface area (Å²) in [6.45, 7) is 3.24. The number of piperidine rings is 2. The van der Waals surface area contributed by atoms with Crippen molar-refractivity contribution in [3.05, 3.63) is 0 Å². The Morgan fingerprint density at radius 3 is 2.16 bits per heavy atom. The normalized spacial score (nSPS) is 24.7. The Morgan fingerprint density at radius 1 is 1.00 bits per heavy atom. The lowest BCUT2D eigenvalue weighted by molar-refractivity contribution is 0.0298. The van der Waals surface area contributed by atoms with Crippen LogP contribution in [0.2, 0.25) is 0 Å². The predicted molar refractivity (Wildman–Crippen MR) is 78.7 cm³/mol. The minimum absolute atomic E-state index is 0.213. The molecule has 0 aliphatic carbocycles. The molecular weight excluding hydrogens is 332 g/mol. The van der Waals surface area contributed by atoms with E-state index in [0.29, 0.717) is 32.8 Å². The summed E-state index contributed by atoms with van der Waals surface area (Å²) in [5, 5.41) is 0.833. The number of hydrogen-bond donors (Lipinski definition) is 0. The van der Waals surface area contributed by atoms with Crippen LogP contribution in [0.25, 0.3) is 0 Å². The standard InChI is InChI=1S/C12H23BrN2O3S/c13-6-11-18-12-4-9-15(10-5-12)19(16,17)14-7-2-1-3-8-14/h12H,1-11H2. The maximum atomic E-state index is 12.5. The maximum Gasteiger partial charge on any atom is 0.281 e. The van der Waals surface area contributed by atoms with Gasteiger partial charge in [0.2, 0.25) is 0 Å². The van der Waals surface area contributed by atoms with Gasteiger partial charge in [-0.1, -0.05) is 22.4 Å². The van der Waals surface area contributed by atoms with Crippen molar-refractivity contribution in [3.8, 4) is 0 Å². The third kappa shape index (κ3) is 4.14. The minimum atomic E-state index is -3.23. The van der Waals surface area contributed by atoms with Gasteiger partial charge in [0.15, 0.2) is 0 Å². The molecule has 0 saturated carbocycles. The highest BCUT2D eigenvalue weighted by molar-refractivity contribution is 9.09. The average molecular weight is 355 g/mol. The molecule has 2 heterocycles. The summed E-state index contributed by atoms with van der Waals surface area (Å²) in [5.41, 5.74) is 0. The number of halogens is 1. The van der Waals surface area contributed by atoms with Gasteiger partial charge in [0.05, 0.1) is 12.7 Å². The van der Waals surface area contributed by atoms with Crippen molar-refractivity contribution in [2.24, 2.45) is 0 Å². The first kappa shape index (κ1) is 15.7. The molecule has 0 N–H and O–H groups in total. The Balaban J connectivity index is 1.85. The number of rotatable bonds is 5. The summed E-state index contributed by atoms with van der Waals surface area (Å²) in [7, 11) is -3.23. The van der Waals surface area contributed by atoms with E-state index in [-0.39, 0.29) is 6.10 Å². The van der Waals surface area contributed by atoms with Crippen molar-refractivity contribution in [3.63, 3.8) is 0 Å². The molecule has 0 bridgehead atoms. The predicted octanol–water partition coefficient (Wildman–Crippen LogP) is 1.59. The lowest BCUT2D eigenvalue weighted by Gasteiger charge is -2.36. The molecule has 2 fully saturated rings. The summed E-state index contributed by atoms with van der Waals surface area (Å²) in [5.74, 6) is 0. The first-order valence-electron chi connectivity index (χ1n) is 7.07. The Bertz CT molecular complexity index is 363. The highest BCUT2D eigenvalue weighted by Crippen LogP contribution is 2.21. The van der Waals surface area contributed by atoms with Gasteiger partial charge in [0, 0.05) is 31.5 Å². The molecule has 0 aromatic rings. The molecule has 0 aromatic heterocycles. The van der Waals surface area contributed by atoms with E-state index in [1.165, 1.54) is 0 Å². The highest BCUT2D eigenvalue weighted by Gasteiger charge is 2.33. The van der Waals surface area contributed by atoms with E-state index in [2.05, 4.69) is 15.9 Å². The molecule has 2 aliphatic rings. The number of hydrogen-bond acceptors (Lipinski definition) is 3. The maximum absolute atomic E-state index is 12.5. The van der Waals surface area contributed by atoms with Crippen LogP contribution >= 0.6 is 15.9 Å². The van der Waals surface area contributed by atoms with E-state index >= 15 is 0 Å². The molecule has 0 radical (unpaired) electrons. The average Bonchev–Trinajstić information content (AvgIpc) is 2.46. The van der Waals surface area contributed by atoms with Crippen LogP contribution in [0.15, 0.2) is 0 Å². The summed E-state index contributed by atoms with van der Waals surface area (Å²) in [4.78, 5) is 0.